The van der Waals surface area contributed by atoms with Crippen LogP contribution in [0.25, 0.3) is 22.2 Å². The SMILES string of the molecule is C#Cc1cc(C)c(-c2cn3ncnc(N)c3c2C2=CCC(C(=O)N3CCCC3C)CC2)cn1. The van der Waals surface area contributed by atoms with E-state index in [4.69, 9.17) is 12.2 Å². The zero-order valence-corrected chi connectivity index (χ0v) is 19.1. The molecular formula is C26H28N6O. The summed E-state index contributed by atoms with van der Waals surface area (Å²) in [7, 11) is 0. The molecule has 1 saturated heterocycles. The molecular weight excluding hydrogens is 412 g/mol. The lowest BCUT2D eigenvalue weighted by Crippen LogP contribution is -2.38. The second-order valence-electron chi connectivity index (χ2n) is 9.11. The molecule has 1 aliphatic carbocycles. The number of hydrogen-bond acceptors (Lipinski definition) is 5. The van der Waals surface area contributed by atoms with E-state index in [0.717, 1.165) is 66.4 Å². The molecule has 0 spiro atoms. The number of carbonyl (C=O) groups is 1. The van der Waals surface area contributed by atoms with Gasteiger partial charge in [0.1, 0.15) is 17.5 Å². The van der Waals surface area contributed by atoms with Crippen molar-refractivity contribution >= 4 is 22.8 Å². The number of nitrogens with zero attached hydrogens (tertiary/aromatic N) is 5. The summed E-state index contributed by atoms with van der Waals surface area (Å²) in [5.74, 6) is 3.36. The molecule has 2 N–H and O–H groups in total. The van der Waals surface area contributed by atoms with Crippen LogP contribution in [0.4, 0.5) is 5.82 Å². The zero-order chi connectivity index (χ0) is 23.1. The van der Waals surface area contributed by atoms with Gasteiger partial charge in [-0.1, -0.05) is 12.0 Å². The minimum Gasteiger partial charge on any atom is -0.382 e. The van der Waals surface area contributed by atoms with Gasteiger partial charge in [0.05, 0.1) is 0 Å². The van der Waals surface area contributed by atoms with Crippen LogP contribution in [0.1, 0.15) is 55.8 Å². The number of rotatable bonds is 3. The van der Waals surface area contributed by atoms with Crippen LogP contribution in [0.5, 0.6) is 0 Å². The van der Waals surface area contributed by atoms with Gasteiger partial charge in [-0.3, -0.25) is 4.79 Å². The summed E-state index contributed by atoms with van der Waals surface area (Å²) < 4.78 is 1.78. The van der Waals surface area contributed by atoms with Crippen LogP contribution in [-0.4, -0.2) is 43.0 Å². The Bertz CT molecular complexity index is 1310. The Morgan fingerprint density at radius 2 is 2.12 bits per heavy atom. The second-order valence-corrected chi connectivity index (χ2v) is 9.11. The Kier molecular flexibility index (Phi) is 5.37. The number of fused-ring (bicyclic) bond motifs is 1. The van der Waals surface area contributed by atoms with E-state index in [2.05, 4.69) is 38.9 Å². The predicted octanol–water partition coefficient (Wildman–Crippen LogP) is 3.86. The number of aryl methyl sites for hydroxylation is 1. The molecule has 5 rings (SSSR count). The van der Waals surface area contributed by atoms with Gasteiger partial charge in [0.25, 0.3) is 0 Å². The number of hydrogen-bond donors (Lipinski definition) is 1. The molecule has 4 heterocycles. The Morgan fingerprint density at radius 1 is 1.27 bits per heavy atom. The Balaban J connectivity index is 1.56. The molecule has 33 heavy (non-hydrogen) atoms. The first-order valence-corrected chi connectivity index (χ1v) is 11.5. The maximum Gasteiger partial charge on any atom is 0.226 e. The quantitative estimate of drug-likeness (QED) is 0.625. The summed E-state index contributed by atoms with van der Waals surface area (Å²) in [6.45, 7) is 5.06. The molecule has 0 aromatic carbocycles. The standard InChI is InChI=1S/C26H28N6O/c1-4-20-12-16(2)21(13-28-20)22-14-32-24(25(27)29-15-30-32)23(22)18-7-9-19(10-8-18)26(33)31-11-5-6-17(31)3/h1,7,12-15,17,19H,5-6,8-11H2,2-3H3,(H2,27,29,30). The number of pyridine rings is 1. The molecule has 1 aliphatic heterocycles. The first-order chi connectivity index (χ1) is 16.0. The number of aromatic nitrogens is 4. The van der Waals surface area contributed by atoms with Gasteiger partial charge in [-0.15, -0.1) is 6.42 Å². The van der Waals surface area contributed by atoms with E-state index >= 15 is 0 Å². The lowest BCUT2D eigenvalue weighted by molar-refractivity contribution is -0.136. The molecule has 2 unspecified atom stereocenters. The van der Waals surface area contributed by atoms with Gasteiger partial charge in [-0.25, -0.2) is 14.5 Å². The lowest BCUT2D eigenvalue weighted by atomic mass is 9.84. The molecule has 0 radical (unpaired) electrons. The molecule has 3 aromatic heterocycles. The van der Waals surface area contributed by atoms with E-state index in [-0.39, 0.29) is 5.92 Å². The number of allylic oxidation sites excluding steroid dienone is 2. The van der Waals surface area contributed by atoms with Crippen molar-refractivity contribution < 1.29 is 4.79 Å². The molecule has 2 aliphatic rings. The van der Waals surface area contributed by atoms with Crippen molar-refractivity contribution in [2.24, 2.45) is 5.92 Å². The summed E-state index contributed by atoms with van der Waals surface area (Å²) >= 11 is 0. The van der Waals surface area contributed by atoms with Crippen molar-refractivity contribution in [1.82, 2.24) is 24.5 Å². The van der Waals surface area contributed by atoms with E-state index in [1.807, 2.05) is 25.4 Å². The fourth-order valence-electron chi connectivity index (χ4n) is 5.26. The highest BCUT2D eigenvalue weighted by Gasteiger charge is 2.32. The number of likely N-dealkylation sites (tertiary alicyclic amines) is 1. The van der Waals surface area contributed by atoms with Crippen molar-refractivity contribution in [2.75, 3.05) is 12.3 Å². The molecule has 7 heteroatoms. The maximum atomic E-state index is 13.1. The number of nitrogens with two attached hydrogens (primary N) is 1. The molecule has 1 amide bonds. The highest BCUT2D eigenvalue weighted by Crippen LogP contribution is 2.41. The van der Waals surface area contributed by atoms with Crippen LogP contribution in [0.3, 0.4) is 0 Å². The maximum absolute atomic E-state index is 13.1. The first kappa shape index (κ1) is 21.2. The molecule has 2 atom stereocenters. The van der Waals surface area contributed by atoms with Crippen molar-refractivity contribution in [3.63, 3.8) is 0 Å². The van der Waals surface area contributed by atoms with Gasteiger partial charge in [-0.2, -0.15) is 5.10 Å². The van der Waals surface area contributed by atoms with Crippen molar-refractivity contribution in [2.45, 2.75) is 52.0 Å². The molecule has 1 fully saturated rings. The summed E-state index contributed by atoms with van der Waals surface area (Å²) in [4.78, 5) is 23.8. The number of nitrogen functional groups attached to an aromatic ring is 1. The van der Waals surface area contributed by atoms with Gasteiger partial charge in [0.15, 0.2) is 5.82 Å². The van der Waals surface area contributed by atoms with Gasteiger partial charge in [-0.05, 0) is 63.2 Å². The van der Waals surface area contributed by atoms with Gasteiger partial charge in [0.2, 0.25) is 5.91 Å². The van der Waals surface area contributed by atoms with Crippen LogP contribution in [0.2, 0.25) is 0 Å². The van der Waals surface area contributed by atoms with Crippen LogP contribution in [0.15, 0.2) is 30.9 Å². The van der Waals surface area contributed by atoms with Gasteiger partial charge >= 0.3 is 0 Å². The topological polar surface area (TPSA) is 89.4 Å². The smallest absolute Gasteiger partial charge is 0.226 e. The summed E-state index contributed by atoms with van der Waals surface area (Å²) in [5, 5.41) is 4.40. The van der Waals surface area contributed by atoms with Crippen molar-refractivity contribution in [3.8, 4) is 23.5 Å². The molecule has 0 saturated carbocycles. The summed E-state index contributed by atoms with van der Waals surface area (Å²) in [6, 6.07) is 2.26. The van der Waals surface area contributed by atoms with Gasteiger partial charge < -0.3 is 10.6 Å². The zero-order valence-electron chi connectivity index (χ0n) is 19.1. The van der Waals surface area contributed by atoms with Crippen LogP contribution >= 0.6 is 0 Å². The fourth-order valence-corrected chi connectivity index (χ4v) is 5.26. The monoisotopic (exact) mass is 440 g/mol. The molecule has 168 valence electrons. The van der Waals surface area contributed by atoms with E-state index in [0.29, 0.717) is 23.5 Å². The average Bonchev–Trinajstić information content (AvgIpc) is 3.43. The van der Waals surface area contributed by atoms with Crippen LogP contribution in [-0.2, 0) is 4.79 Å². The number of amides is 1. The number of carbonyl (C=O) groups excluding carboxylic acids is 1. The van der Waals surface area contributed by atoms with E-state index < -0.39 is 0 Å². The average molecular weight is 441 g/mol. The first-order valence-electron chi connectivity index (χ1n) is 11.5. The fraction of sp³-hybridized carbons (Fsp3) is 0.385. The highest BCUT2D eigenvalue weighted by atomic mass is 16.2. The van der Waals surface area contributed by atoms with Crippen molar-refractivity contribution in [3.05, 3.63) is 47.7 Å². The normalized spacial score (nSPS) is 20.6. The molecule has 7 nitrogen and oxygen atoms in total. The third kappa shape index (κ3) is 3.66. The molecule has 3 aromatic rings. The van der Waals surface area contributed by atoms with E-state index in [1.54, 1.807) is 4.52 Å². The molecule has 0 bridgehead atoms. The van der Waals surface area contributed by atoms with E-state index in [9.17, 15) is 4.79 Å². The summed E-state index contributed by atoms with van der Waals surface area (Å²) in [6.07, 6.45) is 17.6. The number of terminal acetylenes is 1. The van der Waals surface area contributed by atoms with Crippen LogP contribution in [0, 0.1) is 25.2 Å². The number of anilines is 1. The lowest BCUT2D eigenvalue weighted by Gasteiger charge is -2.29. The second kappa shape index (κ2) is 8.36. The Morgan fingerprint density at radius 3 is 2.79 bits per heavy atom. The minimum absolute atomic E-state index is 0.0403. The summed E-state index contributed by atoms with van der Waals surface area (Å²) in [5.41, 5.74) is 12.9. The largest absolute Gasteiger partial charge is 0.382 e. The third-order valence-electron chi connectivity index (χ3n) is 7.07. The van der Waals surface area contributed by atoms with Crippen LogP contribution < -0.4 is 5.73 Å². The van der Waals surface area contributed by atoms with Crippen molar-refractivity contribution in [1.29, 1.82) is 0 Å². The van der Waals surface area contributed by atoms with E-state index in [1.165, 1.54) is 11.9 Å². The minimum atomic E-state index is 0.0403. The Labute approximate surface area is 193 Å². The highest BCUT2D eigenvalue weighted by molar-refractivity contribution is 5.95. The predicted molar refractivity (Wildman–Crippen MR) is 129 cm³/mol. The van der Waals surface area contributed by atoms with Gasteiger partial charge in [0, 0.05) is 47.6 Å². The third-order valence-corrected chi connectivity index (χ3v) is 7.07. The Hall–Kier alpha value is -3.66.